The Hall–Kier alpha value is -1.60. The summed E-state index contributed by atoms with van der Waals surface area (Å²) in [4.78, 5) is 0. The average molecular weight is 213 g/mol. The van der Waals surface area contributed by atoms with E-state index < -0.39 is 6.08 Å². The molecule has 1 nitrogen and oxygen atoms in total. The molecule has 0 spiro atoms. The molecule has 0 heterocycles. The average Bonchev–Trinajstić information content (AvgIpc) is 2.30. The molecule has 0 saturated heterocycles. The lowest BCUT2D eigenvalue weighted by Crippen LogP contribution is -2.13. The zero-order chi connectivity index (χ0) is 12.1. The van der Waals surface area contributed by atoms with Crippen LogP contribution in [0.15, 0.2) is 60.7 Å². The van der Waals surface area contributed by atoms with Gasteiger partial charge in [0.2, 0.25) is 0 Å². The summed E-state index contributed by atoms with van der Waals surface area (Å²) in [5.74, 6) is 0. The van der Waals surface area contributed by atoms with Gasteiger partial charge in [0.1, 0.15) is 0 Å². The van der Waals surface area contributed by atoms with E-state index in [9.17, 15) is 5.11 Å². The first-order valence-corrected chi connectivity index (χ1v) is 5.46. The number of aliphatic hydroxyl groups is 1. The van der Waals surface area contributed by atoms with E-state index in [4.69, 9.17) is 1.37 Å². The molecule has 2 aromatic carbocycles. The summed E-state index contributed by atoms with van der Waals surface area (Å²) in [7, 11) is 0. The first-order valence-electron chi connectivity index (χ1n) is 5.96. The van der Waals surface area contributed by atoms with Gasteiger partial charge in [-0.2, -0.15) is 0 Å². The van der Waals surface area contributed by atoms with E-state index in [1.807, 2.05) is 60.7 Å². The predicted molar refractivity (Wildman–Crippen MR) is 66.3 cm³/mol. The highest BCUT2D eigenvalue weighted by atomic mass is 16.3. The molecule has 0 aliphatic carbocycles. The molecule has 0 aliphatic heterocycles. The summed E-state index contributed by atoms with van der Waals surface area (Å²) in [5.41, 5.74) is 1.97. The summed E-state index contributed by atoms with van der Waals surface area (Å²) in [6, 6.07) is 19.3. The highest BCUT2D eigenvalue weighted by molar-refractivity contribution is 5.18. The zero-order valence-electron chi connectivity index (χ0n) is 10.1. The standard InChI is InChI=1S/C15H16O/c16-15(11-13-7-3-1-4-8-13)12-14-9-5-2-6-10-14/h1-10,15-16H,11-12H2/i15D. The van der Waals surface area contributed by atoms with Crippen LogP contribution in [0.4, 0.5) is 0 Å². The van der Waals surface area contributed by atoms with Gasteiger partial charge in [0.05, 0.1) is 7.45 Å². The fourth-order valence-corrected chi connectivity index (χ4v) is 1.73. The van der Waals surface area contributed by atoms with Gasteiger partial charge in [0.15, 0.2) is 0 Å². The Morgan fingerprint density at radius 2 is 1.19 bits per heavy atom. The fraction of sp³-hybridized carbons (Fsp3) is 0.200. The molecule has 2 rings (SSSR count). The molecular formula is C15H16O. The molecule has 16 heavy (non-hydrogen) atoms. The molecule has 0 atom stereocenters. The predicted octanol–water partition coefficient (Wildman–Crippen LogP) is 2.83. The Balaban J connectivity index is 2.04. The van der Waals surface area contributed by atoms with Crippen molar-refractivity contribution in [2.45, 2.75) is 18.9 Å². The van der Waals surface area contributed by atoms with Crippen LogP contribution in [0, 0.1) is 0 Å². The lowest BCUT2D eigenvalue weighted by atomic mass is 10.0. The minimum atomic E-state index is -1.44. The third-order valence-corrected chi connectivity index (χ3v) is 2.50. The van der Waals surface area contributed by atoms with Crippen LogP contribution in [0.2, 0.25) is 0 Å². The Bertz CT molecular complexity index is 407. The maximum atomic E-state index is 10.1. The van der Waals surface area contributed by atoms with Gasteiger partial charge in [-0.1, -0.05) is 60.7 Å². The van der Waals surface area contributed by atoms with Crippen LogP contribution >= 0.6 is 0 Å². The van der Waals surface area contributed by atoms with Gasteiger partial charge in [0, 0.05) is 0 Å². The van der Waals surface area contributed by atoms with Gasteiger partial charge >= 0.3 is 0 Å². The van der Waals surface area contributed by atoms with Gasteiger partial charge < -0.3 is 5.11 Å². The smallest absolute Gasteiger partial charge is 0.0620 e. The van der Waals surface area contributed by atoms with Gasteiger partial charge in [-0.3, -0.25) is 0 Å². The highest BCUT2D eigenvalue weighted by Crippen LogP contribution is 2.08. The molecular weight excluding hydrogens is 196 g/mol. The fourth-order valence-electron chi connectivity index (χ4n) is 1.73. The number of rotatable bonds is 4. The van der Waals surface area contributed by atoms with E-state index in [-0.39, 0.29) is 0 Å². The van der Waals surface area contributed by atoms with Crippen molar-refractivity contribution in [2.75, 3.05) is 0 Å². The van der Waals surface area contributed by atoms with Gasteiger partial charge in [-0.15, -0.1) is 0 Å². The van der Waals surface area contributed by atoms with Crippen molar-refractivity contribution in [3.8, 4) is 0 Å². The van der Waals surface area contributed by atoms with Crippen molar-refractivity contribution in [3.05, 3.63) is 71.8 Å². The van der Waals surface area contributed by atoms with Crippen LogP contribution in [0.1, 0.15) is 12.5 Å². The first-order chi connectivity index (χ1) is 8.16. The molecule has 0 saturated carbocycles. The number of hydrogen-bond acceptors (Lipinski definition) is 1. The third kappa shape index (κ3) is 3.21. The Morgan fingerprint density at radius 3 is 1.56 bits per heavy atom. The van der Waals surface area contributed by atoms with E-state index in [1.54, 1.807) is 0 Å². The maximum absolute atomic E-state index is 10.1. The second-order valence-electron chi connectivity index (χ2n) is 3.89. The highest BCUT2D eigenvalue weighted by Gasteiger charge is 2.05. The summed E-state index contributed by atoms with van der Waals surface area (Å²) >= 11 is 0. The SMILES string of the molecule is [2H]C(O)(Cc1ccccc1)Cc1ccccc1. The van der Waals surface area contributed by atoms with E-state index in [0.29, 0.717) is 12.8 Å². The van der Waals surface area contributed by atoms with Gasteiger partial charge in [-0.25, -0.2) is 0 Å². The monoisotopic (exact) mass is 213 g/mol. The maximum Gasteiger partial charge on any atom is 0.0620 e. The first kappa shape index (κ1) is 9.61. The zero-order valence-corrected chi connectivity index (χ0v) is 9.13. The molecule has 0 radical (unpaired) electrons. The van der Waals surface area contributed by atoms with Crippen LogP contribution < -0.4 is 0 Å². The number of benzene rings is 2. The summed E-state index contributed by atoms with van der Waals surface area (Å²) in [6.45, 7) is 0. The molecule has 1 heteroatoms. The lowest BCUT2D eigenvalue weighted by Gasteiger charge is -2.10. The Morgan fingerprint density at radius 1 is 0.812 bits per heavy atom. The normalized spacial score (nSPS) is 12.2. The molecule has 0 fully saturated rings. The van der Waals surface area contributed by atoms with Gasteiger partial charge in [-0.05, 0) is 24.0 Å². The molecule has 0 amide bonds. The van der Waals surface area contributed by atoms with Crippen molar-refractivity contribution in [1.82, 2.24) is 0 Å². The molecule has 1 N–H and O–H groups in total. The molecule has 2 aromatic rings. The van der Waals surface area contributed by atoms with Crippen molar-refractivity contribution in [2.24, 2.45) is 0 Å². The summed E-state index contributed by atoms with van der Waals surface area (Å²) in [5, 5.41) is 10.1. The van der Waals surface area contributed by atoms with Gasteiger partial charge in [0.25, 0.3) is 0 Å². The van der Waals surface area contributed by atoms with Crippen molar-refractivity contribution < 1.29 is 6.48 Å². The number of hydrogen-bond donors (Lipinski definition) is 1. The molecule has 0 aliphatic rings. The van der Waals surface area contributed by atoms with E-state index in [1.165, 1.54) is 0 Å². The topological polar surface area (TPSA) is 20.2 Å². The molecule has 0 unspecified atom stereocenters. The Labute approximate surface area is 97.8 Å². The summed E-state index contributed by atoms with van der Waals surface area (Å²) < 4.78 is 7.96. The molecule has 0 aromatic heterocycles. The molecule has 82 valence electrons. The van der Waals surface area contributed by atoms with E-state index in [0.717, 1.165) is 11.1 Å². The van der Waals surface area contributed by atoms with E-state index >= 15 is 0 Å². The van der Waals surface area contributed by atoms with Crippen LogP contribution in [-0.4, -0.2) is 11.2 Å². The van der Waals surface area contributed by atoms with Crippen LogP contribution in [0.5, 0.6) is 0 Å². The van der Waals surface area contributed by atoms with Crippen molar-refractivity contribution >= 4 is 0 Å². The minimum Gasteiger partial charge on any atom is -0.392 e. The van der Waals surface area contributed by atoms with E-state index in [2.05, 4.69) is 0 Å². The van der Waals surface area contributed by atoms with Crippen LogP contribution in [0.25, 0.3) is 0 Å². The summed E-state index contributed by atoms with van der Waals surface area (Å²) in [6.07, 6.45) is -0.742. The largest absolute Gasteiger partial charge is 0.392 e. The van der Waals surface area contributed by atoms with Crippen molar-refractivity contribution in [1.29, 1.82) is 0 Å². The second kappa shape index (κ2) is 5.47. The van der Waals surface area contributed by atoms with Crippen LogP contribution in [-0.2, 0) is 12.8 Å². The quantitative estimate of drug-likeness (QED) is 0.828. The van der Waals surface area contributed by atoms with Crippen LogP contribution in [0.3, 0.4) is 0 Å². The van der Waals surface area contributed by atoms with Crippen molar-refractivity contribution in [3.63, 3.8) is 0 Å². The third-order valence-electron chi connectivity index (χ3n) is 2.50. The lowest BCUT2D eigenvalue weighted by molar-refractivity contribution is 0.175. The second-order valence-corrected chi connectivity index (χ2v) is 3.89. The Kier molecular flexibility index (Phi) is 3.29. The molecule has 0 bridgehead atoms. The minimum absolute atomic E-state index is 0.350.